The summed E-state index contributed by atoms with van der Waals surface area (Å²) in [5.74, 6) is -0.387. The van der Waals surface area contributed by atoms with Crippen molar-refractivity contribution in [2.75, 3.05) is 10.5 Å². The fraction of sp³-hybridized carbons (Fsp3) is 0.143. The first kappa shape index (κ1) is 15.8. The van der Waals surface area contributed by atoms with Crippen molar-refractivity contribution < 1.29 is 12.8 Å². The van der Waals surface area contributed by atoms with Crippen LogP contribution >= 0.6 is 15.9 Å². The van der Waals surface area contributed by atoms with Crippen molar-refractivity contribution in [1.82, 2.24) is 0 Å². The molecule has 2 aromatic rings. The highest BCUT2D eigenvalue weighted by Crippen LogP contribution is 2.28. The van der Waals surface area contributed by atoms with Crippen molar-refractivity contribution in [2.45, 2.75) is 18.7 Å². The van der Waals surface area contributed by atoms with E-state index in [0.717, 1.165) is 0 Å². The molecule has 0 atom stereocenters. The summed E-state index contributed by atoms with van der Waals surface area (Å²) < 4.78 is 41.1. The Morgan fingerprint density at radius 3 is 2.43 bits per heavy atom. The van der Waals surface area contributed by atoms with Gasteiger partial charge < -0.3 is 5.73 Å². The van der Waals surface area contributed by atoms with Gasteiger partial charge >= 0.3 is 0 Å². The van der Waals surface area contributed by atoms with Crippen LogP contribution in [0.4, 0.5) is 15.8 Å². The summed E-state index contributed by atoms with van der Waals surface area (Å²) >= 11 is 3.25. The Morgan fingerprint density at radius 1 is 1.14 bits per heavy atom. The van der Waals surface area contributed by atoms with Crippen LogP contribution in [0.1, 0.15) is 11.1 Å². The van der Waals surface area contributed by atoms with Gasteiger partial charge in [-0.05, 0) is 71.2 Å². The number of hydrogen-bond donors (Lipinski definition) is 2. The Kier molecular flexibility index (Phi) is 4.25. The van der Waals surface area contributed by atoms with Crippen molar-refractivity contribution in [3.05, 3.63) is 51.7 Å². The second kappa shape index (κ2) is 5.65. The number of benzene rings is 2. The van der Waals surface area contributed by atoms with Gasteiger partial charge in [-0.3, -0.25) is 4.72 Å². The molecule has 0 aliphatic rings. The van der Waals surface area contributed by atoms with Gasteiger partial charge in [0.05, 0.1) is 4.90 Å². The van der Waals surface area contributed by atoms with E-state index in [1.54, 1.807) is 19.9 Å². The molecule has 0 saturated carbocycles. The maximum atomic E-state index is 13.2. The molecule has 4 nitrogen and oxygen atoms in total. The highest BCUT2D eigenvalue weighted by atomic mass is 79.9. The summed E-state index contributed by atoms with van der Waals surface area (Å²) in [6.07, 6.45) is 0. The molecule has 0 radical (unpaired) electrons. The molecule has 2 aromatic carbocycles. The van der Waals surface area contributed by atoms with E-state index in [0.29, 0.717) is 27.0 Å². The topological polar surface area (TPSA) is 72.2 Å². The van der Waals surface area contributed by atoms with Crippen LogP contribution in [0.15, 0.2) is 39.7 Å². The maximum absolute atomic E-state index is 13.2. The summed E-state index contributed by atoms with van der Waals surface area (Å²) in [7, 11) is -3.79. The van der Waals surface area contributed by atoms with Crippen LogP contribution in [0.2, 0.25) is 0 Å². The number of anilines is 2. The SMILES string of the molecule is Cc1cc(NS(=O)(=O)c2cc(N)c(Br)cc2C)ccc1F. The lowest BCUT2D eigenvalue weighted by Gasteiger charge is -2.12. The fourth-order valence-electron chi connectivity index (χ4n) is 1.88. The Hall–Kier alpha value is -1.60. The summed E-state index contributed by atoms with van der Waals surface area (Å²) in [5.41, 5.74) is 7.29. The number of nitrogens with one attached hydrogen (secondary N) is 1. The quantitative estimate of drug-likeness (QED) is 0.808. The average molecular weight is 373 g/mol. The Balaban J connectivity index is 2.43. The molecule has 21 heavy (non-hydrogen) atoms. The van der Waals surface area contributed by atoms with E-state index >= 15 is 0 Å². The largest absolute Gasteiger partial charge is 0.398 e. The predicted molar refractivity (Wildman–Crippen MR) is 85.2 cm³/mol. The molecule has 2 rings (SSSR count). The first-order valence-electron chi connectivity index (χ1n) is 6.05. The highest BCUT2D eigenvalue weighted by molar-refractivity contribution is 9.10. The smallest absolute Gasteiger partial charge is 0.262 e. The van der Waals surface area contributed by atoms with E-state index in [9.17, 15) is 12.8 Å². The standard InChI is InChI=1S/C14H14BrFN2O2S/c1-8-5-10(3-4-12(8)16)18-21(19,20)14-7-13(17)11(15)6-9(14)2/h3-7,18H,17H2,1-2H3. The first-order chi connectivity index (χ1) is 9.70. The molecular weight excluding hydrogens is 359 g/mol. The van der Waals surface area contributed by atoms with E-state index in [2.05, 4.69) is 20.7 Å². The normalized spacial score (nSPS) is 11.4. The van der Waals surface area contributed by atoms with Crippen molar-refractivity contribution in [1.29, 1.82) is 0 Å². The molecule has 112 valence electrons. The number of aryl methyl sites for hydroxylation is 2. The summed E-state index contributed by atoms with van der Waals surface area (Å²) in [5, 5.41) is 0. The third-order valence-corrected chi connectivity index (χ3v) is 5.20. The van der Waals surface area contributed by atoms with Crippen LogP contribution in [0.25, 0.3) is 0 Å². The van der Waals surface area contributed by atoms with Crippen molar-refractivity contribution in [3.63, 3.8) is 0 Å². The highest BCUT2D eigenvalue weighted by Gasteiger charge is 2.18. The number of halogens is 2. The zero-order valence-corrected chi connectivity index (χ0v) is 13.8. The van der Waals surface area contributed by atoms with E-state index in [4.69, 9.17) is 5.73 Å². The lowest BCUT2D eigenvalue weighted by Crippen LogP contribution is -2.15. The van der Waals surface area contributed by atoms with Gasteiger partial charge in [0.15, 0.2) is 0 Å². The zero-order valence-electron chi connectivity index (χ0n) is 11.4. The Labute approximate surface area is 131 Å². The van der Waals surface area contributed by atoms with E-state index < -0.39 is 10.0 Å². The van der Waals surface area contributed by atoms with Crippen LogP contribution in [0.5, 0.6) is 0 Å². The summed E-state index contributed by atoms with van der Waals surface area (Å²) in [6.45, 7) is 3.24. The number of sulfonamides is 1. The molecule has 0 fully saturated rings. The Bertz CT molecular complexity index is 807. The van der Waals surface area contributed by atoms with Gasteiger partial charge in [0, 0.05) is 15.8 Å². The third kappa shape index (κ3) is 3.36. The van der Waals surface area contributed by atoms with Crippen LogP contribution in [-0.2, 0) is 10.0 Å². The van der Waals surface area contributed by atoms with Crippen LogP contribution in [0.3, 0.4) is 0 Å². The van der Waals surface area contributed by atoms with Crippen molar-refractivity contribution in [3.8, 4) is 0 Å². The van der Waals surface area contributed by atoms with Gasteiger partial charge in [0.25, 0.3) is 10.0 Å². The molecule has 7 heteroatoms. The third-order valence-electron chi connectivity index (χ3n) is 2.99. The summed E-state index contributed by atoms with van der Waals surface area (Å²) in [4.78, 5) is 0.0881. The second-order valence-corrected chi connectivity index (χ2v) is 7.21. The molecule has 0 spiro atoms. The van der Waals surface area contributed by atoms with E-state index in [1.807, 2.05) is 0 Å². The number of nitrogens with two attached hydrogens (primary N) is 1. The predicted octanol–water partition coefficient (Wildman–Crippen LogP) is 3.59. The molecule has 0 aliphatic carbocycles. The van der Waals surface area contributed by atoms with Crippen LogP contribution in [0, 0.1) is 19.7 Å². The van der Waals surface area contributed by atoms with Gasteiger partial charge in [0.2, 0.25) is 0 Å². The minimum absolute atomic E-state index is 0.0881. The van der Waals surface area contributed by atoms with Gasteiger partial charge in [-0.15, -0.1) is 0 Å². The van der Waals surface area contributed by atoms with Crippen LogP contribution < -0.4 is 10.5 Å². The first-order valence-corrected chi connectivity index (χ1v) is 8.33. The molecule has 0 bridgehead atoms. The number of nitrogen functional groups attached to an aromatic ring is 1. The molecule has 0 aromatic heterocycles. The second-order valence-electron chi connectivity index (χ2n) is 4.71. The molecule has 0 saturated heterocycles. The number of rotatable bonds is 3. The average Bonchev–Trinajstić information content (AvgIpc) is 2.37. The van der Waals surface area contributed by atoms with E-state index in [1.165, 1.54) is 24.3 Å². The van der Waals surface area contributed by atoms with Gasteiger partial charge in [-0.25, -0.2) is 12.8 Å². The van der Waals surface area contributed by atoms with Gasteiger partial charge in [-0.2, -0.15) is 0 Å². The summed E-state index contributed by atoms with van der Waals surface area (Å²) in [6, 6.07) is 7.05. The fourth-order valence-corrected chi connectivity index (χ4v) is 3.65. The van der Waals surface area contributed by atoms with Crippen molar-refractivity contribution in [2.24, 2.45) is 0 Å². The lowest BCUT2D eigenvalue weighted by molar-refractivity contribution is 0.600. The minimum atomic E-state index is -3.79. The van der Waals surface area contributed by atoms with Crippen molar-refractivity contribution >= 4 is 37.3 Å². The maximum Gasteiger partial charge on any atom is 0.262 e. The van der Waals surface area contributed by atoms with Gasteiger partial charge in [0.1, 0.15) is 5.82 Å². The Morgan fingerprint density at radius 2 is 1.81 bits per heavy atom. The number of hydrogen-bond acceptors (Lipinski definition) is 3. The molecule has 0 heterocycles. The van der Waals surface area contributed by atoms with Crippen LogP contribution in [-0.4, -0.2) is 8.42 Å². The van der Waals surface area contributed by atoms with E-state index in [-0.39, 0.29) is 10.7 Å². The molecular formula is C14H14BrFN2O2S. The lowest BCUT2D eigenvalue weighted by atomic mass is 10.2. The molecule has 0 unspecified atom stereocenters. The monoisotopic (exact) mass is 372 g/mol. The van der Waals surface area contributed by atoms with Gasteiger partial charge in [-0.1, -0.05) is 0 Å². The minimum Gasteiger partial charge on any atom is -0.398 e. The molecule has 0 aliphatic heterocycles. The molecule has 0 amide bonds. The molecule has 3 N–H and O–H groups in total. The zero-order chi connectivity index (χ0) is 15.8.